The van der Waals surface area contributed by atoms with Gasteiger partial charge in [-0.1, -0.05) is 99.1 Å². The van der Waals surface area contributed by atoms with Gasteiger partial charge in [-0.05, 0) is 55.2 Å². The summed E-state index contributed by atoms with van der Waals surface area (Å²) < 4.78 is 44.6. The molecule has 0 aliphatic carbocycles. The van der Waals surface area contributed by atoms with Crippen molar-refractivity contribution in [3.63, 3.8) is 0 Å². The van der Waals surface area contributed by atoms with Crippen molar-refractivity contribution in [3.05, 3.63) is 90.5 Å². The van der Waals surface area contributed by atoms with Crippen molar-refractivity contribution in [2.24, 2.45) is 5.41 Å². The smallest absolute Gasteiger partial charge is 0.311 e. The molecule has 0 saturated carbocycles. The third-order valence-electron chi connectivity index (χ3n) is 6.49. The van der Waals surface area contributed by atoms with E-state index in [1.165, 1.54) is 12.1 Å². The Hall–Kier alpha value is -2.78. The van der Waals surface area contributed by atoms with E-state index in [-0.39, 0.29) is 23.1 Å². The molecule has 0 spiro atoms. The molecule has 6 nitrogen and oxygen atoms in total. The van der Waals surface area contributed by atoms with E-state index in [0.29, 0.717) is 0 Å². The molecule has 8 heteroatoms. The lowest BCUT2D eigenvalue weighted by Gasteiger charge is -2.43. The van der Waals surface area contributed by atoms with Gasteiger partial charge in [0.25, 0.3) is 18.4 Å². The summed E-state index contributed by atoms with van der Waals surface area (Å²) >= 11 is 0. The molecule has 0 aliphatic rings. The van der Waals surface area contributed by atoms with Gasteiger partial charge in [0.2, 0.25) is 0 Å². The summed E-state index contributed by atoms with van der Waals surface area (Å²) in [5.74, 6) is -0.450. The Kier molecular flexibility index (Phi) is 9.59. The minimum absolute atomic E-state index is 0.0331. The van der Waals surface area contributed by atoms with Crippen LogP contribution in [0, 0.1) is 12.3 Å². The van der Waals surface area contributed by atoms with Gasteiger partial charge in [0.15, 0.2) is 0 Å². The highest BCUT2D eigenvalue weighted by molar-refractivity contribution is 7.86. The SMILES string of the molecule is Cc1ccc(S(=O)(=O)O[C@H](COC(=O)C(C)(C)C)CO[Si](c2ccccc2)(c2ccccc2)C(C)(C)C)cc1. The Labute approximate surface area is 234 Å². The van der Waals surface area contributed by atoms with E-state index in [4.69, 9.17) is 13.3 Å². The molecule has 0 aliphatic heterocycles. The van der Waals surface area contributed by atoms with Crippen LogP contribution in [0.4, 0.5) is 0 Å². The molecule has 210 valence electrons. The molecule has 39 heavy (non-hydrogen) atoms. The summed E-state index contributed by atoms with van der Waals surface area (Å²) in [6.45, 7) is 13.2. The van der Waals surface area contributed by atoms with E-state index in [1.807, 2.05) is 43.3 Å². The maximum Gasteiger partial charge on any atom is 0.311 e. The lowest BCUT2D eigenvalue weighted by Crippen LogP contribution is -2.67. The third-order valence-corrected chi connectivity index (χ3v) is 12.9. The van der Waals surface area contributed by atoms with Crippen molar-refractivity contribution in [1.29, 1.82) is 0 Å². The highest BCUT2D eigenvalue weighted by atomic mass is 32.2. The van der Waals surface area contributed by atoms with Crippen molar-refractivity contribution < 1.29 is 26.6 Å². The van der Waals surface area contributed by atoms with Crippen LogP contribution in [0.1, 0.15) is 47.1 Å². The Bertz CT molecular complexity index is 1290. The van der Waals surface area contributed by atoms with E-state index >= 15 is 0 Å². The molecule has 3 aromatic rings. The summed E-state index contributed by atoms with van der Waals surface area (Å²) in [4.78, 5) is 12.6. The summed E-state index contributed by atoms with van der Waals surface area (Å²) in [5, 5.41) is 1.78. The third kappa shape index (κ3) is 7.45. The highest BCUT2D eigenvalue weighted by Gasteiger charge is 2.50. The molecule has 0 aromatic heterocycles. The summed E-state index contributed by atoms with van der Waals surface area (Å²) in [5.41, 5.74) is 0.179. The van der Waals surface area contributed by atoms with Crippen LogP contribution in [-0.4, -0.2) is 42.0 Å². The fourth-order valence-electron chi connectivity index (χ4n) is 4.41. The molecule has 0 N–H and O–H groups in total. The Morgan fingerprint density at radius 2 is 1.26 bits per heavy atom. The molecule has 0 saturated heterocycles. The minimum Gasteiger partial charge on any atom is -0.462 e. The number of hydrogen-bond donors (Lipinski definition) is 0. The zero-order valence-corrected chi connectivity index (χ0v) is 25.7. The number of ether oxygens (including phenoxy) is 1. The molecule has 0 radical (unpaired) electrons. The zero-order chi connectivity index (χ0) is 28.9. The van der Waals surface area contributed by atoms with Gasteiger partial charge >= 0.3 is 5.97 Å². The molecular formula is C31H40O6SSi. The topological polar surface area (TPSA) is 78.9 Å². The first-order valence-corrected chi connectivity index (χ1v) is 16.4. The molecule has 1 atom stereocenters. The Morgan fingerprint density at radius 3 is 1.69 bits per heavy atom. The van der Waals surface area contributed by atoms with Gasteiger partial charge in [-0.3, -0.25) is 8.98 Å². The lowest BCUT2D eigenvalue weighted by atomic mass is 9.97. The van der Waals surface area contributed by atoms with E-state index in [2.05, 4.69) is 45.0 Å². The van der Waals surface area contributed by atoms with E-state index in [1.54, 1.807) is 32.9 Å². The van der Waals surface area contributed by atoms with Gasteiger partial charge in [0, 0.05) is 0 Å². The number of carbonyl (C=O) groups is 1. The van der Waals surface area contributed by atoms with Crippen LogP contribution in [0.2, 0.25) is 5.04 Å². The minimum atomic E-state index is -4.15. The van der Waals surface area contributed by atoms with E-state index in [0.717, 1.165) is 15.9 Å². The van der Waals surface area contributed by atoms with Crippen molar-refractivity contribution in [1.82, 2.24) is 0 Å². The molecular weight excluding hydrogens is 528 g/mol. The van der Waals surface area contributed by atoms with Crippen LogP contribution >= 0.6 is 0 Å². The Balaban J connectivity index is 2.02. The van der Waals surface area contributed by atoms with Crippen LogP contribution in [0.15, 0.2) is 89.8 Å². The van der Waals surface area contributed by atoms with Gasteiger partial charge in [-0.2, -0.15) is 8.42 Å². The number of aryl methyl sites for hydroxylation is 1. The van der Waals surface area contributed by atoms with E-state index in [9.17, 15) is 13.2 Å². The first-order chi connectivity index (χ1) is 18.2. The predicted octanol–water partition coefficient (Wildman–Crippen LogP) is 5.23. The normalized spacial score (nSPS) is 13.6. The van der Waals surface area contributed by atoms with Crippen molar-refractivity contribution >= 4 is 34.8 Å². The number of carbonyl (C=O) groups excluding carboxylic acids is 1. The molecule has 0 bridgehead atoms. The van der Waals surface area contributed by atoms with Crippen molar-refractivity contribution in [2.45, 2.75) is 64.5 Å². The van der Waals surface area contributed by atoms with Crippen molar-refractivity contribution in [3.8, 4) is 0 Å². The maximum absolute atomic E-state index is 13.2. The van der Waals surface area contributed by atoms with Gasteiger partial charge in [0.05, 0.1) is 16.9 Å². The fraction of sp³-hybridized carbons (Fsp3) is 0.387. The number of benzene rings is 3. The van der Waals surface area contributed by atoms with Gasteiger partial charge in [0.1, 0.15) is 12.7 Å². The summed E-state index contributed by atoms with van der Waals surface area (Å²) in [6, 6.07) is 26.5. The van der Waals surface area contributed by atoms with Gasteiger partial charge < -0.3 is 9.16 Å². The standard InChI is InChI=1S/C31H40O6SSi/c1-24-18-20-26(21-19-24)38(33,34)37-25(22-35-29(32)30(2,3)4)23-36-39(31(5,6)7,27-14-10-8-11-15-27)28-16-12-9-13-17-28/h8-21,25H,22-23H2,1-7H3/t25-/m1/s1. The predicted molar refractivity (Wildman–Crippen MR) is 157 cm³/mol. The van der Waals surface area contributed by atoms with Gasteiger partial charge in [-0.15, -0.1) is 0 Å². The first-order valence-electron chi connectivity index (χ1n) is 13.1. The van der Waals surface area contributed by atoms with Crippen LogP contribution < -0.4 is 10.4 Å². The quantitative estimate of drug-likeness (QED) is 0.189. The molecule has 0 fully saturated rings. The van der Waals surface area contributed by atoms with Crippen molar-refractivity contribution in [2.75, 3.05) is 13.2 Å². The van der Waals surface area contributed by atoms with Crippen LogP contribution in [0.3, 0.4) is 0 Å². The monoisotopic (exact) mass is 568 g/mol. The second-order valence-corrected chi connectivity index (χ2v) is 17.7. The fourth-order valence-corrected chi connectivity index (χ4v) is 10.0. The lowest BCUT2D eigenvalue weighted by molar-refractivity contribution is -0.155. The Morgan fingerprint density at radius 1 is 0.769 bits per heavy atom. The number of hydrogen-bond acceptors (Lipinski definition) is 6. The average Bonchev–Trinajstić information content (AvgIpc) is 2.87. The number of esters is 1. The first kappa shape index (κ1) is 30.8. The highest BCUT2D eigenvalue weighted by Crippen LogP contribution is 2.37. The molecule has 3 aromatic carbocycles. The summed E-state index contributed by atoms with van der Waals surface area (Å²) in [7, 11) is -7.13. The molecule has 0 unspecified atom stereocenters. The van der Waals surface area contributed by atoms with Crippen LogP contribution in [0.25, 0.3) is 0 Å². The average molecular weight is 569 g/mol. The molecule has 0 amide bonds. The van der Waals surface area contributed by atoms with Crippen LogP contribution in [-0.2, 0) is 28.3 Å². The zero-order valence-electron chi connectivity index (χ0n) is 23.9. The largest absolute Gasteiger partial charge is 0.462 e. The van der Waals surface area contributed by atoms with Crippen LogP contribution in [0.5, 0.6) is 0 Å². The van der Waals surface area contributed by atoms with Gasteiger partial charge in [-0.25, -0.2) is 0 Å². The number of rotatable bonds is 10. The summed E-state index contributed by atoms with van der Waals surface area (Å²) in [6.07, 6.45) is -1.05. The molecule has 3 rings (SSSR count). The maximum atomic E-state index is 13.2. The van der Waals surface area contributed by atoms with E-state index < -0.39 is 35.9 Å². The second-order valence-electron chi connectivity index (χ2n) is 11.8. The second kappa shape index (κ2) is 12.2. The molecule has 0 heterocycles.